The van der Waals surface area contributed by atoms with Crippen LogP contribution < -0.4 is 0 Å². The number of hydrogen-bond acceptors (Lipinski definition) is 2. The maximum atomic E-state index is 11.3. The minimum absolute atomic E-state index is 0.0271. The minimum atomic E-state index is -1.75. The molecule has 0 aromatic carbocycles. The summed E-state index contributed by atoms with van der Waals surface area (Å²) in [5, 5.41) is 0. The first-order valence-electron chi connectivity index (χ1n) is 6.00. The highest BCUT2D eigenvalue weighted by molar-refractivity contribution is 5.88. The van der Waals surface area contributed by atoms with Crippen molar-refractivity contribution in [3.05, 3.63) is 0 Å². The lowest BCUT2D eigenvalue weighted by Crippen LogP contribution is -2.38. The molecule has 1 saturated heterocycles. The Balaban J connectivity index is 0. The number of carbonyl (C=O) groups is 2. The van der Waals surface area contributed by atoms with E-state index in [-0.39, 0.29) is 17.7 Å². The van der Waals surface area contributed by atoms with Crippen LogP contribution in [-0.2, 0) is 9.59 Å². The molecule has 5 heteroatoms. The summed E-state index contributed by atoms with van der Waals surface area (Å²) in [6.07, 6.45) is 2.36. The average molecular weight is 251 g/mol. The predicted molar refractivity (Wildman–Crippen MR) is 64.1 cm³/mol. The van der Waals surface area contributed by atoms with E-state index in [1.165, 1.54) is 6.92 Å². The van der Waals surface area contributed by atoms with Crippen molar-refractivity contribution < 1.29 is 18.4 Å². The van der Waals surface area contributed by atoms with E-state index in [0.29, 0.717) is 6.42 Å². The number of carbonyl (C=O) groups excluding carboxylic acids is 2. The predicted octanol–water partition coefficient (Wildman–Crippen LogP) is 2.89. The average Bonchev–Trinajstić information content (AvgIpc) is 2.81. The molecule has 102 valence electrons. The zero-order valence-electron chi connectivity index (χ0n) is 11.1. The van der Waals surface area contributed by atoms with Gasteiger partial charge in [-0.2, -0.15) is 0 Å². The first-order valence-corrected chi connectivity index (χ1v) is 6.00. The summed E-state index contributed by atoms with van der Waals surface area (Å²) >= 11 is 0. The van der Waals surface area contributed by atoms with Gasteiger partial charge in [0, 0.05) is 19.9 Å². The van der Waals surface area contributed by atoms with Crippen LogP contribution in [-0.4, -0.2) is 36.1 Å². The van der Waals surface area contributed by atoms with E-state index in [2.05, 4.69) is 0 Å². The van der Waals surface area contributed by atoms with Gasteiger partial charge in [0.15, 0.2) is 5.78 Å². The van der Waals surface area contributed by atoms with Crippen LogP contribution in [0.25, 0.3) is 0 Å². The number of Topliss-reactive ketones (excluding diaryl/α,β-unsaturated/α-hetero) is 1. The molecule has 1 atom stereocenters. The molecule has 1 aliphatic heterocycles. The van der Waals surface area contributed by atoms with Gasteiger partial charge in [0.2, 0.25) is 12.8 Å². The van der Waals surface area contributed by atoms with Crippen molar-refractivity contribution in [2.24, 2.45) is 0 Å². The Morgan fingerprint density at radius 3 is 2.12 bits per heavy atom. The Morgan fingerprint density at radius 2 is 1.76 bits per heavy atom. The van der Waals surface area contributed by atoms with Crippen LogP contribution in [0.5, 0.6) is 0 Å². The Kier molecular flexibility index (Phi) is 12.4. The zero-order valence-corrected chi connectivity index (χ0v) is 11.1. The molecule has 0 radical (unpaired) electrons. The van der Waals surface area contributed by atoms with Crippen LogP contribution >= 0.6 is 0 Å². The molecule has 1 unspecified atom stereocenters. The lowest BCUT2D eigenvalue weighted by Gasteiger charge is -2.21. The fraction of sp³-hybridized carbons (Fsp3) is 0.833. The van der Waals surface area contributed by atoms with E-state index >= 15 is 0 Å². The van der Waals surface area contributed by atoms with E-state index in [1.807, 2.05) is 20.8 Å². The molecular weight excluding hydrogens is 228 g/mol. The van der Waals surface area contributed by atoms with Gasteiger partial charge in [0.05, 0.1) is 6.04 Å². The Bertz CT molecular complexity index is 223. The molecule has 0 spiro atoms. The van der Waals surface area contributed by atoms with Gasteiger partial charge in [-0.15, -0.1) is 0 Å². The minimum Gasteiger partial charge on any atom is -0.333 e. The van der Waals surface area contributed by atoms with Gasteiger partial charge < -0.3 is 4.90 Å². The summed E-state index contributed by atoms with van der Waals surface area (Å²) in [7, 11) is 0. The summed E-state index contributed by atoms with van der Waals surface area (Å²) in [5.41, 5.74) is 0. The van der Waals surface area contributed by atoms with Gasteiger partial charge in [-0.1, -0.05) is 20.8 Å². The monoisotopic (exact) mass is 251 g/mol. The molecule has 0 N–H and O–H groups in total. The maximum Gasteiger partial charge on any atom is 0.229 e. The van der Waals surface area contributed by atoms with E-state index < -0.39 is 6.93 Å². The highest BCUT2D eigenvalue weighted by Crippen LogP contribution is 2.18. The lowest BCUT2D eigenvalue weighted by molar-refractivity contribution is -0.135. The van der Waals surface area contributed by atoms with Gasteiger partial charge in [0.1, 0.15) is 0 Å². The van der Waals surface area contributed by atoms with Crippen LogP contribution in [0, 0.1) is 0 Å². The summed E-state index contributed by atoms with van der Waals surface area (Å²) in [4.78, 5) is 24.1. The third-order valence-electron chi connectivity index (χ3n) is 2.38. The third kappa shape index (κ3) is 7.02. The van der Waals surface area contributed by atoms with E-state index in [1.54, 1.807) is 4.90 Å². The van der Waals surface area contributed by atoms with Crippen LogP contribution in [0.4, 0.5) is 8.78 Å². The highest BCUT2D eigenvalue weighted by atomic mass is 19.3. The molecule has 1 aliphatic rings. The smallest absolute Gasteiger partial charge is 0.229 e. The largest absolute Gasteiger partial charge is 0.333 e. The first-order chi connectivity index (χ1) is 8.08. The summed E-state index contributed by atoms with van der Waals surface area (Å²) in [5.74, 6) is 0.224. The Morgan fingerprint density at radius 1 is 1.29 bits per heavy atom. The van der Waals surface area contributed by atoms with Crippen LogP contribution in [0.3, 0.4) is 0 Å². The van der Waals surface area contributed by atoms with Crippen molar-refractivity contribution in [2.45, 2.75) is 53.0 Å². The number of hydrogen-bond donors (Lipinski definition) is 0. The van der Waals surface area contributed by atoms with Crippen molar-refractivity contribution in [3.63, 3.8) is 0 Å². The second-order valence-corrected chi connectivity index (χ2v) is 3.29. The van der Waals surface area contributed by atoms with Crippen LogP contribution in [0.2, 0.25) is 0 Å². The topological polar surface area (TPSA) is 37.4 Å². The molecule has 1 fully saturated rings. The lowest BCUT2D eigenvalue weighted by atomic mass is 10.1. The summed E-state index contributed by atoms with van der Waals surface area (Å²) in [6, 6.07) is -0.118. The van der Waals surface area contributed by atoms with Crippen LogP contribution in [0.1, 0.15) is 47.0 Å². The van der Waals surface area contributed by atoms with E-state index in [9.17, 15) is 18.4 Å². The van der Waals surface area contributed by atoms with Gasteiger partial charge in [0.25, 0.3) is 0 Å². The van der Waals surface area contributed by atoms with Gasteiger partial charge >= 0.3 is 0 Å². The van der Waals surface area contributed by atoms with Crippen molar-refractivity contribution >= 4 is 11.7 Å². The van der Waals surface area contributed by atoms with E-state index in [4.69, 9.17) is 0 Å². The van der Waals surface area contributed by atoms with Crippen molar-refractivity contribution in [2.75, 3.05) is 13.5 Å². The number of nitrogens with zero attached hydrogens (tertiary/aromatic N) is 1. The maximum absolute atomic E-state index is 11.3. The third-order valence-corrected chi connectivity index (χ3v) is 2.38. The quantitative estimate of drug-likeness (QED) is 0.756. The number of halogens is 2. The molecule has 0 saturated carbocycles. The molecule has 1 rings (SSSR count). The molecule has 3 nitrogen and oxygen atoms in total. The second kappa shape index (κ2) is 11.5. The Hall–Kier alpha value is -1.00. The molecule has 1 amide bonds. The molecule has 0 bridgehead atoms. The molecule has 0 aromatic heterocycles. The van der Waals surface area contributed by atoms with Crippen molar-refractivity contribution in [1.29, 1.82) is 0 Å². The van der Waals surface area contributed by atoms with Gasteiger partial charge in [-0.25, -0.2) is 8.78 Å². The number of ketones is 1. The molecule has 17 heavy (non-hydrogen) atoms. The fourth-order valence-corrected chi connectivity index (χ4v) is 1.71. The number of likely N-dealkylation sites (tertiary alicyclic amines) is 1. The summed E-state index contributed by atoms with van der Waals surface area (Å²) in [6.45, 7) is 6.38. The second-order valence-electron chi connectivity index (χ2n) is 3.29. The number of rotatable bonds is 2. The van der Waals surface area contributed by atoms with Gasteiger partial charge in [-0.05, 0) is 12.8 Å². The standard InChI is InChI=1S/C9H15NO2.C2H6.CH2F2/c1-3-9(12)8-5-4-6-10(8)7(2)11;1-2;2-1-3/h8H,3-6H2,1-2H3;1-2H3;1H2. The SMILES string of the molecule is CC.CCC(=O)C1CCCN1C(C)=O.FCF. The highest BCUT2D eigenvalue weighted by Gasteiger charge is 2.30. The van der Waals surface area contributed by atoms with Crippen molar-refractivity contribution in [1.82, 2.24) is 4.90 Å². The zero-order chi connectivity index (χ0) is 13.8. The van der Waals surface area contributed by atoms with Crippen LogP contribution in [0.15, 0.2) is 0 Å². The number of alkyl halides is 2. The molecule has 0 aromatic rings. The first kappa shape index (κ1) is 18.4. The molecule has 1 heterocycles. The molecular formula is C12H23F2NO2. The normalized spacial score (nSPS) is 17.5. The fourth-order valence-electron chi connectivity index (χ4n) is 1.71. The Labute approximate surface area is 102 Å². The summed E-state index contributed by atoms with van der Waals surface area (Å²) < 4.78 is 19.2. The van der Waals surface area contributed by atoms with E-state index in [0.717, 1.165) is 19.4 Å². The number of amides is 1. The molecule has 0 aliphatic carbocycles. The van der Waals surface area contributed by atoms with Crippen molar-refractivity contribution in [3.8, 4) is 0 Å². The van der Waals surface area contributed by atoms with Gasteiger partial charge in [-0.3, -0.25) is 9.59 Å².